The molecule has 1 aromatic carbocycles. The minimum atomic E-state index is -0.676. The second kappa shape index (κ2) is 13.3. The molecule has 0 saturated carbocycles. The average molecular weight is 518 g/mol. The number of alkyl carbamates (subject to hydrolysis) is 1. The van der Waals surface area contributed by atoms with Gasteiger partial charge >= 0.3 is 12.1 Å². The first-order valence-corrected chi connectivity index (χ1v) is 13.7. The predicted octanol–water partition coefficient (Wildman–Crippen LogP) is 6.50. The number of amides is 1. The number of ether oxygens (including phenoxy) is 3. The van der Waals surface area contributed by atoms with E-state index in [1.165, 1.54) is 0 Å². The van der Waals surface area contributed by atoms with E-state index >= 15 is 0 Å². The van der Waals surface area contributed by atoms with Crippen LogP contribution in [0.3, 0.4) is 0 Å². The predicted molar refractivity (Wildman–Crippen MR) is 145 cm³/mol. The Kier molecular flexibility index (Phi) is 11.0. The van der Waals surface area contributed by atoms with E-state index in [1.54, 1.807) is 20.8 Å². The molecule has 1 N–H and O–H groups in total. The highest BCUT2D eigenvalue weighted by molar-refractivity contribution is 5.98. The van der Waals surface area contributed by atoms with E-state index in [9.17, 15) is 14.4 Å². The SMILES string of the molecule is CCCCOc1cc(C(=O)[C@@H](C[C@H](NC(=O)OC(C)(C)C)[C@@H]2C[C@@H](C(C)C)C(=O)O2)C(C)C)ccc1C. The number of Topliss-reactive ketones (excluding diaryl/α,β-unsaturated/α-hetero) is 1. The van der Waals surface area contributed by atoms with Gasteiger partial charge in [-0.25, -0.2) is 4.79 Å². The molecule has 0 aromatic heterocycles. The number of hydrogen-bond donors (Lipinski definition) is 1. The highest BCUT2D eigenvalue weighted by atomic mass is 16.6. The molecule has 7 nitrogen and oxygen atoms in total. The van der Waals surface area contributed by atoms with Gasteiger partial charge in [-0.15, -0.1) is 0 Å². The standard InChI is InChI=1S/C30H47NO6/c1-10-11-14-35-25-15-21(13-12-20(25)6)27(32)22(18(2)3)16-24(31-29(34)37-30(7,8)9)26-17-23(19(4)5)28(33)36-26/h12-13,15,18-19,22-24,26H,10-11,14,16-17H2,1-9H3,(H,31,34)/t22-,23-,24-,26-/m0/s1. The Hall–Kier alpha value is -2.57. The van der Waals surface area contributed by atoms with Crippen LogP contribution in [-0.4, -0.2) is 42.2 Å². The lowest BCUT2D eigenvalue weighted by Gasteiger charge is -2.30. The number of hydrogen-bond acceptors (Lipinski definition) is 6. The van der Waals surface area contributed by atoms with Crippen molar-refractivity contribution in [2.45, 2.75) is 106 Å². The number of carbonyl (C=O) groups excluding carboxylic acids is 3. The summed E-state index contributed by atoms with van der Waals surface area (Å²) < 4.78 is 17.2. The molecular weight excluding hydrogens is 470 g/mol. The maximum absolute atomic E-state index is 13.8. The number of ketones is 1. The average Bonchev–Trinajstić information content (AvgIpc) is 3.18. The summed E-state index contributed by atoms with van der Waals surface area (Å²) >= 11 is 0. The van der Waals surface area contributed by atoms with Gasteiger partial charge in [-0.1, -0.05) is 53.2 Å². The number of cyclic esters (lactones) is 1. The fraction of sp³-hybridized carbons (Fsp3) is 0.700. The number of nitrogens with one attached hydrogen (secondary N) is 1. The highest BCUT2D eigenvalue weighted by Crippen LogP contribution is 2.33. The molecule has 1 fully saturated rings. The summed E-state index contributed by atoms with van der Waals surface area (Å²) in [5.74, 6) is -0.0642. The van der Waals surface area contributed by atoms with Crippen molar-refractivity contribution in [1.29, 1.82) is 0 Å². The van der Waals surface area contributed by atoms with Crippen LogP contribution in [0.2, 0.25) is 0 Å². The number of unbranched alkanes of at least 4 members (excludes halogenated alkanes) is 1. The maximum Gasteiger partial charge on any atom is 0.408 e. The van der Waals surface area contributed by atoms with E-state index in [0.29, 0.717) is 25.0 Å². The summed E-state index contributed by atoms with van der Waals surface area (Å²) in [7, 11) is 0. The van der Waals surface area contributed by atoms with Gasteiger partial charge in [0.05, 0.1) is 18.6 Å². The van der Waals surface area contributed by atoms with Gasteiger partial charge in [-0.3, -0.25) is 9.59 Å². The fourth-order valence-corrected chi connectivity index (χ4v) is 4.59. The Morgan fingerprint density at radius 1 is 1.16 bits per heavy atom. The van der Waals surface area contributed by atoms with E-state index in [2.05, 4.69) is 12.2 Å². The Labute approximate surface area is 223 Å². The topological polar surface area (TPSA) is 90.9 Å². The minimum Gasteiger partial charge on any atom is -0.493 e. The lowest BCUT2D eigenvalue weighted by atomic mass is 9.80. The van der Waals surface area contributed by atoms with Crippen LogP contribution in [-0.2, 0) is 14.3 Å². The Morgan fingerprint density at radius 2 is 1.84 bits per heavy atom. The van der Waals surface area contributed by atoms with E-state index in [-0.39, 0.29) is 29.5 Å². The van der Waals surface area contributed by atoms with Crippen LogP contribution in [0.15, 0.2) is 18.2 Å². The third-order valence-corrected chi connectivity index (χ3v) is 6.89. The molecule has 0 aliphatic carbocycles. The van der Waals surface area contributed by atoms with Gasteiger partial charge in [-0.05, 0) is 70.4 Å². The quantitative estimate of drug-likeness (QED) is 0.193. The first-order chi connectivity index (χ1) is 17.2. The summed E-state index contributed by atoms with van der Waals surface area (Å²) in [5, 5.41) is 2.93. The molecule has 4 atom stereocenters. The largest absolute Gasteiger partial charge is 0.493 e. The van der Waals surface area contributed by atoms with Crippen molar-refractivity contribution >= 4 is 17.8 Å². The van der Waals surface area contributed by atoms with Crippen LogP contribution >= 0.6 is 0 Å². The molecule has 0 spiro atoms. The summed E-state index contributed by atoms with van der Waals surface area (Å²) in [6.07, 6.45) is 1.70. The smallest absolute Gasteiger partial charge is 0.408 e. The van der Waals surface area contributed by atoms with E-state index < -0.39 is 29.8 Å². The first-order valence-electron chi connectivity index (χ1n) is 13.7. The zero-order valence-corrected chi connectivity index (χ0v) is 24.2. The second-order valence-corrected chi connectivity index (χ2v) is 11.9. The molecule has 37 heavy (non-hydrogen) atoms. The van der Waals surface area contributed by atoms with Gasteiger partial charge in [0.25, 0.3) is 0 Å². The lowest BCUT2D eigenvalue weighted by Crippen LogP contribution is -2.47. The van der Waals surface area contributed by atoms with Crippen molar-refractivity contribution in [3.05, 3.63) is 29.3 Å². The van der Waals surface area contributed by atoms with Crippen molar-refractivity contribution in [1.82, 2.24) is 5.32 Å². The third-order valence-electron chi connectivity index (χ3n) is 6.89. The van der Waals surface area contributed by atoms with Crippen molar-refractivity contribution in [3.63, 3.8) is 0 Å². The van der Waals surface area contributed by atoms with E-state index in [1.807, 2.05) is 52.8 Å². The molecule has 0 radical (unpaired) electrons. The van der Waals surface area contributed by atoms with Crippen LogP contribution in [0.5, 0.6) is 5.75 Å². The zero-order valence-electron chi connectivity index (χ0n) is 24.2. The molecule has 1 amide bonds. The molecule has 0 bridgehead atoms. The third kappa shape index (κ3) is 9.04. The molecule has 1 aromatic rings. The fourth-order valence-electron chi connectivity index (χ4n) is 4.59. The molecule has 1 aliphatic rings. The summed E-state index contributed by atoms with van der Waals surface area (Å²) in [6.45, 7) is 18.0. The van der Waals surface area contributed by atoms with Gasteiger partial charge in [0, 0.05) is 11.5 Å². The van der Waals surface area contributed by atoms with E-state index in [0.717, 1.165) is 24.2 Å². The molecule has 208 valence electrons. The molecule has 7 heteroatoms. The van der Waals surface area contributed by atoms with Crippen LogP contribution < -0.4 is 10.1 Å². The number of aryl methyl sites for hydroxylation is 1. The normalized spacial score (nSPS) is 19.5. The van der Waals surface area contributed by atoms with Gasteiger partial charge in [0.2, 0.25) is 0 Å². The molecule has 0 unspecified atom stereocenters. The molecule has 1 saturated heterocycles. The Bertz CT molecular complexity index is 932. The molecule has 1 aliphatic heterocycles. The molecule has 1 heterocycles. The van der Waals surface area contributed by atoms with Crippen LogP contribution in [0.25, 0.3) is 0 Å². The van der Waals surface area contributed by atoms with Crippen molar-refractivity contribution < 1.29 is 28.6 Å². The Balaban J connectivity index is 2.31. The van der Waals surface area contributed by atoms with Gasteiger partial charge < -0.3 is 19.5 Å². The number of esters is 1. The summed E-state index contributed by atoms with van der Waals surface area (Å²) in [6, 6.07) is 5.02. The first kappa shape index (κ1) is 30.7. The Morgan fingerprint density at radius 3 is 2.38 bits per heavy atom. The van der Waals surface area contributed by atoms with Crippen LogP contribution in [0, 0.1) is 30.6 Å². The molecular formula is C30H47NO6. The van der Waals surface area contributed by atoms with Crippen LogP contribution in [0.1, 0.15) is 97.0 Å². The summed E-state index contributed by atoms with van der Waals surface area (Å²) in [4.78, 5) is 39.1. The lowest BCUT2D eigenvalue weighted by molar-refractivity contribution is -0.146. The van der Waals surface area contributed by atoms with Crippen LogP contribution in [0.4, 0.5) is 4.79 Å². The zero-order chi connectivity index (χ0) is 27.9. The van der Waals surface area contributed by atoms with Crippen molar-refractivity contribution in [3.8, 4) is 5.75 Å². The maximum atomic E-state index is 13.8. The number of rotatable bonds is 12. The number of carbonyl (C=O) groups is 3. The number of benzene rings is 1. The molecule has 2 rings (SSSR count). The van der Waals surface area contributed by atoms with Gasteiger partial charge in [-0.2, -0.15) is 0 Å². The second-order valence-electron chi connectivity index (χ2n) is 11.9. The minimum absolute atomic E-state index is 0.000741. The van der Waals surface area contributed by atoms with Crippen molar-refractivity contribution in [2.24, 2.45) is 23.7 Å². The highest BCUT2D eigenvalue weighted by Gasteiger charge is 2.43. The summed E-state index contributed by atoms with van der Waals surface area (Å²) in [5.41, 5.74) is 0.885. The van der Waals surface area contributed by atoms with Gasteiger partial charge in [0.1, 0.15) is 17.5 Å². The van der Waals surface area contributed by atoms with E-state index in [4.69, 9.17) is 14.2 Å². The van der Waals surface area contributed by atoms with Gasteiger partial charge in [0.15, 0.2) is 5.78 Å². The monoisotopic (exact) mass is 517 g/mol. The van der Waals surface area contributed by atoms with Crippen molar-refractivity contribution in [2.75, 3.05) is 6.61 Å².